The fourth-order valence-electron chi connectivity index (χ4n) is 3.79. The fourth-order valence-corrected chi connectivity index (χ4v) is 4.35. The number of nitrogens with one attached hydrogen (secondary N) is 2. The minimum atomic E-state index is 0.0724. The molecule has 0 unspecified atom stereocenters. The standard InChI is InChI=1S/C22H27ClN2S/c1-16-9-10-19(15-17(16)2)24-21(26)25-22(12-5-6-13-22)14-11-18-7-3-4-8-20(18)23/h3-4,7-10,15H,5-6,11-14H2,1-2H3,(H2,24,25,26). The highest BCUT2D eigenvalue weighted by Crippen LogP contribution is 2.34. The summed E-state index contributed by atoms with van der Waals surface area (Å²) >= 11 is 12.0. The van der Waals surface area contributed by atoms with Gasteiger partial charge in [0.15, 0.2) is 5.11 Å². The predicted molar refractivity (Wildman–Crippen MR) is 116 cm³/mol. The lowest BCUT2D eigenvalue weighted by molar-refractivity contribution is 0.362. The molecule has 26 heavy (non-hydrogen) atoms. The zero-order chi connectivity index (χ0) is 18.6. The first-order valence-corrected chi connectivity index (χ1v) is 10.2. The van der Waals surface area contributed by atoms with Gasteiger partial charge in [-0.3, -0.25) is 0 Å². The topological polar surface area (TPSA) is 24.1 Å². The van der Waals surface area contributed by atoms with Gasteiger partial charge < -0.3 is 10.6 Å². The smallest absolute Gasteiger partial charge is 0.171 e. The van der Waals surface area contributed by atoms with E-state index in [2.05, 4.69) is 54.8 Å². The van der Waals surface area contributed by atoms with Gasteiger partial charge in [0.25, 0.3) is 0 Å². The SMILES string of the molecule is Cc1ccc(NC(=S)NC2(CCc3ccccc3Cl)CCCC2)cc1C. The number of aryl methyl sites for hydroxylation is 3. The molecule has 0 saturated heterocycles. The van der Waals surface area contributed by atoms with E-state index in [-0.39, 0.29) is 5.54 Å². The van der Waals surface area contributed by atoms with Crippen molar-refractivity contribution in [1.29, 1.82) is 0 Å². The highest BCUT2D eigenvalue weighted by atomic mass is 35.5. The fraction of sp³-hybridized carbons (Fsp3) is 0.409. The Kier molecular flexibility index (Phi) is 6.20. The van der Waals surface area contributed by atoms with Gasteiger partial charge in [-0.1, -0.05) is 48.7 Å². The molecular weight excluding hydrogens is 360 g/mol. The van der Waals surface area contributed by atoms with Crippen LogP contribution in [-0.2, 0) is 6.42 Å². The van der Waals surface area contributed by atoms with Gasteiger partial charge in [0.2, 0.25) is 0 Å². The molecule has 1 saturated carbocycles. The van der Waals surface area contributed by atoms with Crippen LogP contribution in [0.1, 0.15) is 48.8 Å². The van der Waals surface area contributed by atoms with Gasteiger partial charge in [-0.2, -0.15) is 0 Å². The van der Waals surface area contributed by atoms with Crippen LogP contribution in [0.25, 0.3) is 0 Å². The Bertz CT molecular complexity index is 781. The molecule has 2 aromatic carbocycles. The molecule has 0 atom stereocenters. The summed E-state index contributed by atoms with van der Waals surface area (Å²) in [5.74, 6) is 0. The number of hydrogen-bond donors (Lipinski definition) is 2. The molecule has 2 nitrogen and oxygen atoms in total. The average Bonchev–Trinajstić information content (AvgIpc) is 3.06. The third-order valence-electron chi connectivity index (χ3n) is 5.53. The van der Waals surface area contributed by atoms with Gasteiger partial charge in [-0.25, -0.2) is 0 Å². The van der Waals surface area contributed by atoms with Crippen molar-refractivity contribution in [2.24, 2.45) is 0 Å². The monoisotopic (exact) mass is 386 g/mol. The second-order valence-electron chi connectivity index (χ2n) is 7.46. The van der Waals surface area contributed by atoms with E-state index in [1.807, 2.05) is 12.1 Å². The van der Waals surface area contributed by atoms with Gasteiger partial charge >= 0.3 is 0 Å². The predicted octanol–water partition coefficient (Wildman–Crippen LogP) is 6.19. The minimum absolute atomic E-state index is 0.0724. The Labute approximate surface area is 167 Å². The van der Waals surface area contributed by atoms with E-state index < -0.39 is 0 Å². The van der Waals surface area contributed by atoms with Crippen LogP contribution in [0.15, 0.2) is 42.5 Å². The summed E-state index contributed by atoms with van der Waals surface area (Å²) in [7, 11) is 0. The molecule has 1 aliphatic rings. The highest BCUT2D eigenvalue weighted by Gasteiger charge is 2.34. The summed E-state index contributed by atoms with van der Waals surface area (Å²) in [5, 5.41) is 8.58. The molecule has 0 aromatic heterocycles. The molecule has 0 aliphatic heterocycles. The van der Waals surface area contributed by atoms with E-state index in [1.165, 1.54) is 29.5 Å². The first kappa shape index (κ1) is 19.2. The zero-order valence-corrected chi connectivity index (χ0v) is 17.1. The van der Waals surface area contributed by atoms with E-state index in [9.17, 15) is 0 Å². The van der Waals surface area contributed by atoms with Crippen LogP contribution in [0.3, 0.4) is 0 Å². The van der Waals surface area contributed by atoms with E-state index in [1.54, 1.807) is 0 Å². The third kappa shape index (κ3) is 4.77. The molecule has 0 amide bonds. The summed E-state index contributed by atoms with van der Waals surface area (Å²) in [6.45, 7) is 4.25. The Morgan fingerprint density at radius 2 is 1.81 bits per heavy atom. The van der Waals surface area contributed by atoms with E-state index >= 15 is 0 Å². The molecule has 0 radical (unpaired) electrons. The summed E-state index contributed by atoms with van der Waals surface area (Å²) in [5.41, 5.74) is 4.90. The van der Waals surface area contributed by atoms with Crippen LogP contribution >= 0.6 is 23.8 Å². The highest BCUT2D eigenvalue weighted by molar-refractivity contribution is 7.80. The zero-order valence-electron chi connectivity index (χ0n) is 15.6. The van der Waals surface area contributed by atoms with Gasteiger partial charge in [0.1, 0.15) is 0 Å². The van der Waals surface area contributed by atoms with Crippen molar-refractivity contribution in [1.82, 2.24) is 5.32 Å². The van der Waals surface area contributed by atoms with E-state index in [0.717, 1.165) is 36.4 Å². The normalized spacial score (nSPS) is 15.7. The number of anilines is 1. The Hall–Kier alpha value is -1.58. The molecule has 2 N–H and O–H groups in total. The second-order valence-corrected chi connectivity index (χ2v) is 8.27. The number of rotatable bonds is 5. The number of benzene rings is 2. The second kappa shape index (κ2) is 8.41. The first-order valence-electron chi connectivity index (χ1n) is 9.37. The Morgan fingerprint density at radius 3 is 2.50 bits per heavy atom. The van der Waals surface area contributed by atoms with Crippen LogP contribution < -0.4 is 10.6 Å². The van der Waals surface area contributed by atoms with Crippen molar-refractivity contribution >= 4 is 34.6 Å². The van der Waals surface area contributed by atoms with Crippen LogP contribution in [0.4, 0.5) is 5.69 Å². The average molecular weight is 387 g/mol. The maximum absolute atomic E-state index is 6.34. The molecule has 0 spiro atoms. The summed E-state index contributed by atoms with van der Waals surface area (Å²) in [6, 6.07) is 14.5. The van der Waals surface area contributed by atoms with Crippen molar-refractivity contribution in [3.8, 4) is 0 Å². The van der Waals surface area contributed by atoms with Crippen molar-refractivity contribution in [2.45, 2.75) is 57.9 Å². The Morgan fingerprint density at radius 1 is 1.08 bits per heavy atom. The van der Waals surface area contributed by atoms with Crippen LogP contribution in [0.5, 0.6) is 0 Å². The van der Waals surface area contributed by atoms with Gasteiger partial charge in [0.05, 0.1) is 0 Å². The van der Waals surface area contributed by atoms with Crippen LogP contribution in [0, 0.1) is 13.8 Å². The van der Waals surface area contributed by atoms with E-state index in [0.29, 0.717) is 5.11 Å². The largest absolute Gasteiger partial charge is 0.357 e. The van der Waals surface area contributed by atoms with Crippen LogP contribution in [0.2, 0.25) is 5.02 Å². The van der Waals surface area contributed by atoms with Gasteiger partial charge in [-0.15, -0.1) is 0 Å². The van der Waals surface area contributed by atoms with Crippen molar-refractivity contribution in [3.63, 3.8) is 0 Å². The van der Waals surface area contributed by atoms with Gasteiger partial charge in [0, 0.05) is 16.2 Å². The molecule has 138 valence electrons. The minimum Gasteiger partial charge on any atom is -0.357 e. The van der Waals surface area contributed by atoms with Gasteiger partial charge in [-0.05, 0) is 86.6 Å². The maximum atomic E-state index is 6.34. The molecule has 2 aromatic rings. The van der Waals surface area contributed by atoms with Crippen molar-refractivity contribution < 1.29 is 0 Å². The molecule has 1 aliphatic carbocycles. The summed E-state index contributed by atoms with van der Waals surface area (Å²) in [6.07, 6.45) is 6.84. The molecule has 4 heteroatoms. The third-order valence-corrected chi connectivity index (χ3v) is 6.11. The van der Waals surface area contributed by atoms with Crippen molar-refractivity contribution in [2.75, 3.05) is 5.32 Å². The molecular formula is C22H27ClN2S. The lowest BCUT2D eigenvalue weighted by atomic mass is 9.89. The lowest BCUT2D eigenvalue weighted by Crippen LogP contribution is -2.48. The quantitative estimate of drug-likeness (QED) is 0.599. The van der Waals surface area contributed by atoms with E-state index in [4.69, 9.17) is 23.8 Å². The number of hydrogen-bond acceptors (Lipinski definition) is 1. The molecule has 0 bridgehead atoms. The molecule has 3 rings (SSSR count). The van der Waals surface area contributed by atoms with Crippen molar-refractivity contribution in [3.05, 3.63) is 64.2 Å². The van der Waals surface area contributed by atoms with Crippen LogP contribution in [-0.4, -0.2) is 10.7 Å². The summed E-state index contributed by atoms with van der Waals surface area (Å²) < 4.78 is 0. The molecule has 1 fully saturated rings. The summed E-state index contributed by atoms with van der Waals surface area (Å²) in [4.78, 5) is 0. The first-order chi connectivity index (χ1) is 12.5. The number of thiocarbonyl (C=S) groups is 1. The lowest BCUT2D eigenvalue weighted by Gasteiger charge is -2.32. The molecule has 0 heterocycles. The maximum Gasteiger partial charge on any atom is 0.171 e. The number of halogens is 1. The Balaban J connectivity index is 1.64.